The third-order valence-corrected chi connectivity index (χ3v) is 4.49. The summed E-state index contributed by atoms with van der Waals surface area (Å²) in [5.41, 5.74) is 0.811. The smallest absolute Gasteiger partial charge is 0.220 e. The van der Waals surface area contributed by atoms with Gasteiger partial charge in [-0.15, -0.1) is 0 Å². The first kappa shape index (κ1) is 15.1. The van der Waals surface area contributed by atoms with Gasteiger partial charge < -0.3 is 9.73 Å². The summed E-state index contributed by atoms with van der Waals surface area (Å²) in [6, 6.07) is 7.47. The molecule has 0 atom stereocenters. The fraction of sp³-hybridized carbons (Fsp3) is 0.412. The summed E-state index contributed by atoms with van der Waals surface area (Å²) in [4.78, 5) is 16.2. The van der Waals surface area contributed by atoms with Crippen LogP contribution in [0, 0.1) is 0 Å². The number of amides is 1. The SMILES string of the molecule is CC1(NC(=O)CCc2ncc(-c3ccccc3Cl)o2)CCC1. The zero-order chi connectivity index (χ0) is 15.6. The molecule has 1 amide bonds. The molecule has 0 radical (unpaired) electrons. The van der Waals surface area contributed by atoms with Crippen molar-refractivity contribution in [3.63, 3.8) is 0 Å². The summed E-state index contributed by atoms with van der Waals surface area (Å²) in [6.07, 6.45) is 5.85. The molecule has 4 nitrogen and oxygen atoms in total. The molecule has 0 spiro atoms. The van der Waals surface area contributed by atoms with E-state index in [0.717, 1.165) is 18.4 Å². The molecule has 1 aliphatic rings. The molecule has 1 aromatic heterocycles. The van der Waals surface area contributed by atoms with Gasteiger partial charge in [-0.25, -0.2) is 4.98 Å². The molecule has 2 aromatic rings. The molecule has 1 aromatic carbocycles. The Morgan fingerprint density at radius 2 is 2.18 bits per heavy atom. The lowest BCUT2D eigenvalue weighted by Crippen LogP contribution is -2.50. The minimum atomic E-state index is -0.00357. The Morgan fingerprint density at radius 1 is 1.41 bits per heavy atom. The minimum absolute atomic E-state index is 0.00357. The summed E-state index contributed by atoms with van der Waals surface area (Å²) in [7, 11) is 0. The summed E-state index contributed by atoms with van der Waals surface area (Å²) in [5, 5.41) is 3.71. The number of aryl methyl sites for hydroxylation is 1. The second-order valence-corrected chi connectivity index (χ2v) is 6.47. The maximum Gasteiger partial charge on any atom is 0.220 e. The zero-order valence-electron chi connectivity index (χ0n) is 12.6. The standard InChI is InChI=1S/C17H19ClN2O2/c1-17(9-4-10-17)20-15(21)7-8-16-19-11-14(22-16)12-5-2-3-6-13(12)18/h2-3,5-6,11H,4,7-10H2,1H3,(H,20,21). The first-order chi connectivity index (χ1) is 10.6. The Labute approximate surface area is 134 Å². The van der Waals surface area contributed by atoms with Gasteiger partial charge in [0.1, 0.15) is 0 Å². The third-order valence-electron chi connectivity index (χ3n) is 4.16. The Bertz CT molecular complexity index is 677. The Hall–Kier alpha value is -1.81. The molecule has 1 N–H and O–H groups in total. The average molecular weight is 319 g/mol. The summed E-state index contributed by atoms with van der Waals surface area (Å²) >= 11 is 6.14. The number of benzene rings is 1. The van der Waals surface area contributed by atoms with E-state index in [9.17, 15) is 4.79 Å². The number of nitrogens with one attached hydrogen (secondary N) is 1. The van der Waals surface area contributed by atoms with Crippen molar-refractivity contribution in [2.75, 3.05) is 0 Å². The van der Waals surface area contributed by atoms with Crippen LogP contribution < -0.4 is 5.32 Å². The van der Waals surface area contributed by atoms with Gasteiger partial charge in [-0.3, -0.25) is 4.79 Å². The second-order valence-electron chi connectivity index (χ2n) is 6.06. The predicted molar refractivity (Wildman–Crippen MR) is 85.7 cm³/mol. The van der Waals surface area contributed by atoms with E-state index in [-0.39, 0.29) is 11.4 Å². The highest BCUT2D eigenvalue weighted by Crippen LogP contribution is 2.31. The van der Waals surface area contributed by atoms with E-state index in [4.69, 9.17) is 16.0 Å². The summed E-state index contributed by atoms with van der Waals surface area (Å²) in [5.74, 6) is 1.25. The predicted octanol–water partition coefficient (Wildman–Crippen LogP) is 3.99. The number of carbonyl (C=O) groups is 1. The lowest BCUT2D eigenvalue weighted by Gasteiger charge is -2.39. The number of aromatic nitrogens is 1. The number of halogens is 1. The molecule has 3 rings (SSSR count). The van der Waals surface area contributed by atoms with Crippen molar-refractivity contribution in [1.82, 2.24) is 10.3 Å². The van der Waals surface area contributed by atoms with Crippen molar-refractivity contribution >= 4 is 17.5 Å². The van der Waals surface area contributed by atoms with Crippen LogP contribution >= 0.6 is 11.6 Å². The van der Waals surface area contributed by atoms with Crippen LogP contribution in [0.15, 0.2) is 34.9 Å². The lowest BCUT2D eigenvalue weighted by atomic mass is 9.78. The monoisotopic (exact) mass is 318 g/mol. The van der Waals surface area contributed by atoms with Gasteiger partial charge in [0.2, 0.25) is 5.91 Å². The largest absolute Gasteiger partial charge is 0.441 e. The van der Waals surface area contributed by atoms with Crippen molar-refractivity contribution in [2.45, 2.75) is 44.6 Å². The molecule has 5 heteroatoms. The quantitative estimate of drug-likeness (QED) is 0.907. The normalized spacial score (nSPS) is 16.1. The minimum Gasteiger partial charge on any atom is -0.441 e. The molecule has 1 fully saturated rings. The van der Waals surface area contributed by atoms with E-state index in [1.807, 2.05) is 24.3 Å². The average Bonchev–Trinajstić information content (AvgIpc) is 2.93. The summed E-state index contributed by atoms with van der Waals surface area (Å²) < 4.78 is 5.70. The highest BCUT2D eigenvalue weighted by Gasteiger charge is 2.32. The Balaban J connectivity index is 1.58. The molecule has 0 bridgehead atoms. The summed E-state index contributed by atoms with van der Waals surface area (Å²) in [6.45, 7) is 2.09. The van der Waals surface area contributed by atoms with Crippen LogP contribution in [0.5, 0.6) is 0 Å². The molecule has 0 saturated heterocycles. The van der Waals surface area contributed by atoms with Crippen molar-refractivity contribution < 1.29 is 9.21 Å². The fourth-order valence-electron chi connectivity index (χ4n) is 2.66. The van der Waals surface area contributed by atoms with Gasteiger partial charge in [0.15, 0.2) is 11.7 Å². The first-order valence-electron chi connectivity index (χ1n) is 7.56. The molecule has 1 aliphatic carbocycles. The highest BCUT2D eigenvalue weighted by atomic mass is 35.5. The van der Waals surface area contributed by atoms with E-state index < -0.39 is 0 Å². The number of oxazole rings is 1. The number of nitrogens with zero attached hydrogens (tertiary/aromatic N) is 1. The first-order valence-corrected chi connectivity index (χ1v) is 7.94. The van der Waals surface area contributed by atoms with Crippen LogP contribution in [0.1, 0.15) is 38.5 Å². The van der Waals surface area contributed by atoms with E-state index >= 15 is 0 Å². The van der Waals surface area contributed by atoms with Gasteiger partial charge in [-0.1, -0.05) is 23.7 Å². The van der Waals surface area contributed by atoms with Gasteiger partial charge >= 0.3 is 0 Å². The number of hydrogen-bond acceptors (Lipinski definition) is 3. The van der Waals surface area contributed by atoms with Crippen molar-refractivity contribution in [2.24, 2.45) is 0 Å². The lowest BCUT2D eigenvalue weighted by molar-refractivity contribution is -0.123. The van der Waals surface area contributed by atoms with Gasteiger partial charge in [-0.05, 0) is 38.3 Å². The Morgan fingerprint density at radius 3 is 2.86 bits per heavy atom. The van der Waals surface area contributed by atoms with Crippen molar-refractivity contribution in [3.8, 4) is 11.3 Å². The maximum absolute atomic E-state index is 12.0. The topological polar surface area (TPSA) is 55.1 Å². The second kappa shape index (κ2) is 6.13. The van der Waals surface area contributed by atoms with Crippen LogP contribution in [-0.4, -0.2) is 16.4 Å². The molecular formula is C17H19ClN2O2. The van der Waals surface area contributed by atoms with E-state index in [2.05, 4.69) is 17.2 Å². The third kappa shape index (κ3) is 3.33. The van der Waals surface area contributed by atoms with Crippen LogP contribution in [0.4, 0.5) is 0 Å². The van der Waals surface area contributed by atoms with E-state index in [1.165, 1.54) is 6.42 Å². The molecule has 0 unspecified atom stereocenters. The number of rotatable bonds is 5. The van der Waals surface area contributed by atoms with Crippen LogP contribution in [0.2, 0.25) is 5.02 Å². The number of carbonyl (C=O) groups excluding carboxylic acids is 1. The Kier molecular flexibility index (Phi) is 4.21. The van der Waals surface area contributed by atoms with Gasteiger partial charge in [-0.2, -0.15) is 0 Å². The molecular weight excluding hydrogens is 300 g/mol. The van der Waals surface area contributed by atoms with Crippen molar-refractivity contribution in [1.29, 1.82) is 0 Å². The van der Waals surface area contributed by atoms with Crippen LogP contribution in [-0.2, 0) is 11.2 Å². The fourth-order valence-corrected chi connectivity index (χ4v) is 2.89. The van der Waals surface area contributed by atoms with Gasteiger partial charge in [0.25, 0.3) is 0 Å². The van der Waals surface area contributed by atoms with E-state index in [1.54, 1.807) is 6.20 Å². The van der Waals surface area contributed by atoms with Gasteiger partial charge in [0.05, 0.1) is 11.2 Å². The molecule has 0 aliphatic heterocycles. The molecule has 1 saturated carbocycles. The maximum atomic E-state index is 12.0. The molecule has 22 heavy (non-hydrogen) atoms. The van der Waals surface area contributed by atoms with Crippen molar-refractivity contribution in [3.05, 3.63) is 41.4 Å². The van der Waals surface area contributed by atoms with Gasteiger partial charge in [0, 0.05) is 23.9 Å². The number of hydrogen-bond donors (Lipinski definition) is 1. The van der Waals surface area contributed by atoms with E-state index in [0.29, 0.717) is 29.5 Å². The highest BCUT2D eigenvalue weighted by molar-refractivity contribution is 6.33. The molecule has 116 valence electrons. The van der Waals surface area contributed by atoms with Crippen LogP contribution in [0.25, 0.3) is 11.3 Å². The van der Waals surface area contributed by atoms with Crippen LogP contribution in [0.3, 0.4) is 0 Å². The zero-order valence-corrected chi connectivity index (χ0v) is 13.3. The molecule has 1 heterocycles.